The molecule has 3 atom stereocenters. The second kappa shape index (κ2) is 7.67. The van der Waals surface area contributed by atoms with Gasteiger partial charge in [0.1, 0.15) is 11.6 Å². The van der Waals surface area contributed by atoms with Gasteiger partial charge in [-0.05, 0) is 60.8 Å². The van der Waals surface area contributed by atoms with Crippen LogP contribution in [-0.2, 0) is 10.2 Å². The van der Waals surface area contributed by atoms with Gasteiger partial charge in [0.15, 0.2) is 0 Å². The molecule has 1 aromatic carbocycles. The Kier molecular flexibility index (Phi) is 5.00. The number of fused-ring (bicyclic) bond motifs is 5. The van der Waals surface area contributed by atoms with Gasteiger partial charge >= 0.3 is 6.03 Å². The van der Waals surface area contributed by atoms with Crippen LogP contribution >= 0.6 is 0 Å². The van der Waals surface area contributed by atoms with Gasteiger partial charge < -0.3 is 20.1 Å². The number of amides is 2. The van der Waals surface area contributed by atoms with Crippen molar-refractivity contribution in [1.29, 1.82) is 0 Å². The lowest BCUT2D eigenvalue weighted by Crippen LogP contribution is -2.59. The van der Waals surface area contributed by atoms with Crippen molar-refractivity contribution < 1.29 is 23.4 Å². The van der Waals surface area contributed by atoms with E-state index in [1.165, 1.54) is 18.2 Å². The van der Waals surface area contributed by atoms with Crippen molar-refractivity contribution in [2.75, 3.05) is 26.3 Å². The number of aliphatic hydroxyl groups is 1. The summed E-state index contributed by atoms with van der Waals surface area (Å²) in [7, 11) is 0. The molecule has 2 aromatic rings. The number of nitrogens with one attached hydrogen (secondary N) is 1. The molecule has 9 heteroatoms. The number of carbonyl (C=O) groups is 1. The number of hydrogen-bond acceptors (Lipinski definition) is 5. The predicted octanol–water partition coefficient (Wildman–Crippen LogP) is 3.51. The fraction of sp³-hybridized carbons (Fsp3) is 0.577. The first kappa shape index (κ1) is 22.8. The summed E-state index contributed by atoms with van der Waals surface area (Å²) >= 11 is 0. The van der Waals surface area contributed by atoms with Gasteiger partial charge in [-0.3, -0.25) is 0 Å². The van der Waals surface area contributed by atoms with E-state index >= 15 is 0 Å². The second-order valence-corrected chi connectivity index (χ2v) is 11.1. The molecule has 3 aliphatic carbocycles. The SMILES string of the molecule is CC1(C)[C@H]2CC[C@]1([C@@H]1CN(C(=O)NC3(CO)CC3)CCO1)c1nnc(-c3c(F)cccc3F)cc12. The van der Waals surface area contributed by atoms with E-state index in [9.17, 15) is 18.7 Å². The summed E-state index contributed by atoms with van der Waals surface area (Å²) in [6.07, 6.45) is 3.05. The van der Waals surface area contributed by atoms with Crippen molar-refractivity contribution in [3.05, 3.63) is 47.2 Å². The van der Waals surface area contributed by atoms with E-state index < -0.39 is 22.6 Å². The van der Waals surface area contributed by atoms with E-state index in [2.05, 4.69) is 29.4 Å². The van der Waals surface area contributed by atoms with Gasteiger partial charge in [-0.2, -0.15) is 10.2 Å². The van der Waals surface area contributed by atoms with Crippen LogP contribution in [0.4, 0.5) is 13.6 Å². The Morgan fingerprint density at radius 1 is 1.23 bits per heavy atom. The van der Waals surface area contributed by atoms with Crippen LogP contribution in [-0.4, -0.2) is 64.2 Å². The van der Waals surface area contributed by atoms with Crippen molar-refractivity contribution >= 4 is 6.03 Å². The normalized spacial score (nSPS) is 29.7. The molecule has 7 nitrogen and oxygen atoms in total. The average molecular weight is 485 g/mol. The van der Waals surface area contributed by atoms with E-state index in [0.717, 1.165) is 36.9 Å². The molecule has 2 amide bonds. The fourth-order valence-electron chi connectivity index (χ4n) is 6.86. The van der Waals surface area contributed by atoms with Crippen LogP contribution in [0.15, 0.2) is 24.3 Å². The number of aliphatic hydroxyl groups excluding tert-OH is 1. The molecule has 0 unspecified atom stereocenters. The number of morpholine rings is 1. The maximum Gasteiger partial charge on any atom is 0.318 e. The molecule has 2 N–H and O–H groups in total. The van der Waals surface area contributed by atoms with Gasteiger partial charge in [-0.25, -0.2) is 13.6 Å². The van der Waals surface area contributed by atoms with Crippen molar-refractivity contribution in [3.63, 3.8) is 0 Å². The first-order chi connectivity index (χ1) is 16.7. The highest BCUT2D eigenvalue weighted by Gasteiger charge is 2.67. The molecular weight excluding hydrogens is 454 g/mol. The van der Waals surface area contributed by atoms with E-state index in [4.69, 9.17) is 4.74 Å². The second-order valence-electron chi connectivity index (χ2n) is 11.1. The third-order valence-corrected chi connectivity index (χ3v) is 9.12. The minimum absolute atomic E-state index is 0.0565. The number of benzene rings is 1. The monoisotopic (exact) mass is 484 g/mol. The lowest BCUT2D eigenvalue weighted by atomic mass is 9.64. The molecular formula is C26H30F2N4O3. The zero-order valence-electron chi connectivity index (χ0n) is 20.0. The predicted molar refractivity (Wildman–Crippen MR) is 124 cm³/mol. The topological polar surface area (TPSA) is 87.6 Å². The number of halogens is 2. The highest BCUT2D eigenvalue weighted by Crippen LogP contribution is 2.69. The van der Waals surface area contributed by atoms with Crippen LogP contribution in [0.5, 0.6) is 0 Å². The Bertz CT molecular complexity index is 1180. The van der Waals surface area contributed by atoms with Crippen LogP contribution in [0.2, 0.25) is 0 Å². The van der Waals surface area contributed by atoms with Gasteiger partial charge in [0.2, 0.25) is 0 Å². The smallest absolute Gasteiger partial charge is 0.318 e. The first-order valence-electron chi connectivity index (χ1n) is 12.3. The number of rotatable bonds is 4. The van der Waals surface area contributed by atoms with Crippen molar-refractivity contribution in [2.24, 2.45) is 5.41 Å². The maximum atomic E-state index is 14.5. The van der Waals surface area contributed by atoms with Gasteiger partial charge in [-0.15, -0.1) is 0 Å². The van der Waals surface area contributed by atoms with Crippen molar-refractivity contribution in [1.82, 2.24) is 20.4 Å². The molecule has 0 spiro atoms. The van der Waals surface area contributed by atoms with Gasteiger partial charge in [0.25, 0.3) is 0 Å². The Hall–Kier alpha value is -2.65. The van der Waals surface area contributed by atoms with Crippen LogP contribution in [0.25, 0.3) is 11.3 Å². The first-order valence-corrected chi connectivity index (χ1v) is 12.3. The molecule has 4 aliphatic rings. The quantitative estimate of drug-likeness (QED) is 0.694. The Balaban J connectivity index is 1.35. The highest BCUT2D eigenvalue weighted by atomic mass is 19.1. The minimum Gasteiger partial charge on any atom is -0.394 e. The number of carbonyl (C=O) groups excluding carboxylic acids is 1. The molecule has 2 saturated carbocycles. The number of ether oxygens (including phenoxy) is 1. The van der Waals surface area contributed by atoms with E-state index in [0.29, 0.717) is 19.7 Å². The Labute approximate surface area is 202 Å². The molecule has 1 aromatic heterocycles. The number of urea groups is 1. The zero-order chi connectivity index (χ0) is 24.6. The molecule has 1 saturated heterocycles. The standard InChI is InChI=1S/C26H30F2N4O3/c1-24(2)16-6-7-26(24,20-13-32(10-11-35-20)23(34)29-25(14-33)8-9-25)22-15(16)12-19(30-31-22)21-17(27)4-3-5-18(21)28/h3-5,12,16,20,33H,6-11,13-14H2,1-2H3,(H,29,34)/t16-,20-,26-/m0/s1. The summed E-state index contributed by atoms with van der Waals surface area (Å²) in [5.74, 6) is -1.17. The molecule has 6 rings (SSSR count). The number of aromatic nitrogens is 2. The minimum atomic E-state index is -0.662. The van der Waals surface area contributed by atoms with Crippen molar-refractivity contribution in [2.45, 2.75) is 62.5 Å². The molecule has 0 radical (unpaired) electrons. The van der Waals surface area contributed by atoms with Crippen LogP contribution in [0.1, 0.15) is 56.7 Å². The summed E-state index contributed by atoms with van der Waals surface area (Å²) in [5.41, 5.74) is 0.652. The Morgan fingerprint density at radius 3 is 2.66 bits per heavy atom. The summed E-state index contributed by atoms with van der Waals surface area (Å²) in [6.45, 7) is 5.64. The number of hydrogen-bond donors (Lipinski definition) is 2. The lowest BCUT2D eigenvalue weighted by Gasteiger charge is -2.47. The molecule has 2 bridgehead atoms. The van der Waals surface area contributed by atoms with Gasteiger partial charge in [-0.1, -0.05) is 19.9 Å². The highest BCUT2D eigenvalue weighted by molar-refractivity contribution is 5.76. The van der Waals surface area contributed by atoms with E-state index in [1.807, 2.05) is 0 Å². The molecule has 1 aliphatic heterocycles. The van der Waals surface area contributed by atoms with Crippen molar-refractivity contribution in [3.8, 4) is 11.3 Å². The summed E-state index contributed by atoms with van der Waals surface area (Å²) < 4.78 is 35.3. The zero-order valence-corrected chi connectivity index (χ0v) is 20.0. The maximum absolute atomic E-state index is 14.5. The summed E-state index contributed by atoms with van der Waals surface area (Å²) in [6, 6.07) is 5.40. The summed E-state index contributed by atoms with van der Waals surface area (Å²) in [5, 5.41) is 21.5. The van der Waals surface area contributed by atoms with Gasteiger partial charge in [0.05, 0.1) is 41.8 Å². The molecule has 3 fully saturated rings. The molecule has 2 heterocycles. The van der Waals surface area contributed by atoms with Gasteiger partial charge in [0, 0.05) is 18.5 Å². The van der Waals surface area contributed by atoms with Crippen LogP contribution < -0.4 is 5.32 Å². The third-order valence-electron chi connectivity index (χ3n) is 9.12. The lowest BCUT2D eigenvalue weighted by molar-refractivity contribution is -0.0822. The van der Waals surface area contributed by atoms with E-state index in [-0.39, 0.29) is 41.3 Å². The van der Waals surface area contributed by atoms with Crippen LogP contribution in [0.3, 0.4) is 0 Å². The molecule has 35 heavy (non-hydrogen) atoms. The van der Waals surface area contributed by atoms with Crippen LogP contribution in [0, 0.1) is 17.0 Å². The number of nitrogens with zero attached hydrogens (tertiary/aromatic N) is 3. The third kappa shape index (κ3) is 3.17. The average Bonchev–Trinajstić information content (AvgIpc) is 3.52. The Morgan fingerprint density at radius 2 is 1.97 bits per heavy atom. The molecule has 186 valence electrons. The fourth-order valence-corrected chi connectivity index (χ4v) is 6.86. The van der Waals surface area contributed by atoms with E-state index in [1.54, 1.807) is 11.0 Å². The largest absolute Gasteiger partial charge is 0.394 e. The summed E-state index contributed by atoms with van der Waals surface area (Å²) in [4.78, 5) is 14.8.